The lowest BCUT2D eigenvalue weighted by molar-refractivity contribution is -0.116. The highest BCUT2D eigenvalue weighted by Crippen LogP contribution is 2.28. The van der Waals surface area contributed by atoms with Crippen LogP contribution in [-0.4, -0.2) is 41.5 Å². The minimum atomic E-state index is -3.86. The van der Waals surface area contributed by atoms with E-state index in [0.29, 0.717) is 22.2 Å². The smallest absolute Gasteiger partial charge is 0.240 e. The Morgan fingerprint density at radius 1 is 1.00 bits per heavy atom. The van der Waals surface area contributed by atoms with E-state index in [9.17, 15) is 13.2 Å². The quantitative estimate of drug-likeness (QED) is 0.260. The molecule has 0 bridgehead atoms. The van der Waals surface area contributed by atoms with Gasteiger partial charge in [0.05, 0.1) is 22.9 Å². The number of sulfonamides is 1. The maximum atomic E-state index is 13.2. The summed E-state index contributed by atoms with van der Waals surface area (Å²) in [7, 11) is -3.86. The van der Waals surface area contributed by atoms with Crippen molar-refractivity contribution in [3.05, 3.63) is 107 Å². The molecule has 4 rings (SSSR count). The van der Waals surface area contributed by atoms with Crippen molar-refractivity contribution in [2.75, 3.05) is 18.4 Å². The number of hydrogen-bond donors (Lipinski definition) is 1. The number of halogens is 1. The predicted molar refractivity (Wildman–Crippen MR) is 153 cm³/mol. The van der Waals surface area contributed by atoms with Gasteiger partial charge in [-0.25, -0.2) is 13.1 Å². The van der Waals surface area contributed by atoms with Crippen molar-refractivity contribution in [2.45, 2.75) is 13.8 Å². The summed E-state index contributed by atoms with van der Waals surface area (Å²) >= 11 is 6.44. The maximum Gasteiger partial charge on any atom is 0.240 e. The molecule has 0 aliphatic heterocycles. The van der Waals surface area contributed by atoms with Crippen LogP contribution in [0, 0.1) is 5.92 Å². The monoisotopic (exact) mass is 548 g/mol. The van der Waals surface area contributed by atoms with Crippen LogP contribution in [0.5, 0.6) is 0 Å². The third-order valence-corrected chi connectivity index (χ3v) is 7.41. The topological polar surface area (TPSA) is 84.3 Å². The van der Waals surface area contributed by atoms with Crippen molar-refractivity contribution in [3.63, 3.8) is 0 Å². The number of anilines is 1. The van der Waals surface area contributed by atoms with Gasteiger partial charge in [-0.2, -0.15) is 9.40 Å². The molecule has 1 heterocycles. The first kappa shape index (κ1) is 27.3. The van der Waals surface area contributed by atoms with Crippen LogP contribution in [-0.2, 0) is 14.8 Å². The second kappa shape index (κ2) is 12.2. The highest BCUT2D eigenvalue weighted by Gasteiger charge is 2.24. The second-order valence-corrected chi connectivity index (χ2v) is 11.4. The van der Waals surface area contributed by atoms with Crippen molar-refractivity contribution in [1.82, 2.24) is 14.1 Å². The van der Waals surface area contributed by atoms with Crippen molar-refractivity contribution in [1.29, 1.82) is 0 Å². The van der Waals surface area contributed by atoms with Gasteiger partial charge in [-0.3, -0.25) is 4.79 Å². The van der Waals surface area contributed by atoms with Gasteiger partial charge in [0, 0.05) is 23.6 Å². The Hall–Kier alpha value is -3.72. The number of carbonyl (C=O) groups is 1. The van der Waals surface area contributed by atoms with Gasteiger partial charge in [-0.15, -0.1) is 0 Å². The summed E-state index contributed by atoms with van der Waals surface area (Å²) in [4.78, 5) is 13.2. The van der Waals surface area contributed by atoms with Crippen LogP contribution in [0.3, 0.4) is 0 Å². The van der Waals surface area contributed by atoms with E-state index in [1.54, 1.807) is 22.9 Å². The van der Waals surface area contributed by atoms with E-state index in [0.717, 1.165) is 16.5 Å². The van der Waals surface area contributed by atoms with E-state index >= 15 is 0 Å². The normalized spacial score (nSPS) is 11.9. The van der Waals surface area contributed by atoms with E-state index in [1.807, 2.05) is 86.6 Å². The van der Waals surface area contributed by atoms with Crippen LogP contribution in [0.15, 0.2) is 96.4 Å². The Labute approximate surface area is 228 Å². The molecule has 0 saturated heterocycles. The third-order valence-electron chi connectivity index (χ3n) is 5.61. The Morgan fingerprint density at radius 3 is 2.29 bits per heavy atom. The van der Waals surface area contributed by atoms with Crippen molar-refractivity contribution in [2.24, 2.45) is 5.92 Å². The number of aromatic nitrogens is 2. The average Bonchev–Trinajstić information content (AvgIpc) is 3.31. The Bertz CT molecular complexity index is 1520. The zero-order valence-corrected chi connectivity index (χ0v) is 22.7. The van der Waals surface area contributed by atoms with Crippen molar-refractivity contribution in [3.8, 4) is 16.9 Å². The summed E-state index contributed by atoms with van der Waals surface area (Å²) in [5, 5.41) is 9.12. The first-order valence-electron chi connectivity index (χ1n) is 12.2. The number of nitrogens with zero attached hydrogens (tertiary/aromatic N) is 3. The molecule has 1 amide bonds. The first-order chi connectivity index (χ1) is 18.2. The predicted octanol–water partition coefficient (Wildman–Crippen LogP) is 6.09. The van der Waals surface area contributed by atoms with E-state index in [2.05, 4.69) is 10.4 Å². The second-order valence-electron chi connectivity index (χ2n) is 9.14. The van der Waals surface area contributed by atoms with Gasteiger partial charge in [-0.1, -0.05) is 98.2 Å². The molecule has 0 aliphatic rings. The van der Waals surface area contributed by atoms with Crippen LogP contribution in [0.2, 0.25) is 5.02 Å². The summed E-state index contributed by atoms with van der Waals surface area (Å²) < 4.78 is 29.1. The number of carbonyl (C=O) groups excluding carboxylic acids is 1. The maximum absolute atomic E-state index is 13.2. The fourth-order valence-corrected chi connectivity index (χ4v) is 5.37. The van der Waals surface area contributed by atoms with Gasteiger partial charge >= 0.3 is 0 Å². The van der Waals surface area contributed by atoms with Crippen LogP contribution in [0.4, 0.5) is 5.82 Å². The van der Waals surface area contributed by atoms with E-state index in [-0.39, 0.29) is 19.0 Å². The molecular weight excluding hydrogens is 520 g/mol. The van der Waals surface area contributed by atoms with Crippen LogP contribution < -0.4 is 5.32 Å². The molecule has 0 radical (unpaired) electrons. The first-order valence-corrected chi connectivity index (χ1v) is 14.0. The number of para-hydroxylation sites is 1. The molecule has 0 saturated carbocycles. The Kier molecular flexibility index (Phi) is 8.78. The zero-order valence-electron chi connectivity index (χ0n) is 21.2. The molecule has 1 N–H and O–H groups in total. The fourth-order valence-electron chi connectivity index (χ4n) is 3.85. The standard InChI is InChI=1S/C29H29ClN4O3S/c1-22(2)20-33(38(36,37)18-17-23-11-5-3-6-12-23)21-29(35)31-28-19-26(24-13-7-4-8-14-24)32-34(28)27-16-10-9-15-25(27)30/h3-19,22H,20-21H2,1-2H3,(H,31,35). The van der Waals surface area contributed by atoms with Crippen LogP contribution in [0.25, 0.3) is 23.0 Å². The van der Waals surface area contributed by atoms with Crippen molar-refractivity contribution < 1.29 is 13.2 Å². The number of benzene rings is 3. The molecule has 0 spiro atoms. The van der Waals surface area contributed by atoms with Crippen LogP contribution >= 0.6 is 11.6 Å². The molecule has 0 unspecified atom stereocenters. The highest BCUT2D eigenvalue weighted by molar-refractivity contribution is 7.92. The molecule has 7 nitrogen and oxygen atoms in total. The highest BCUT2D eigenvalue weighted by atomic mass is 35.5. The molecule has 196 valence electrons. The van der Waals surface area contributed by atoms with Gasteiger partial charge in [0.1, 0.15) is 5.82 Å². The molecule has 1 aromatic heterocycles. The molecule has 3 aromatic carbocycles. The van der Waals surface area contributed by atoms with Gasteiger partial charge in [0.2, 0.25) is 15.9 Å². The fraction of sp³-hybridized carbons (Fsp3) is 0.172. The van der Waals surface area contributed by atoms with Gasteiger partial charge in [0.25, 0.3) is 0 Å². The summed E-state index contributed by atoms with van der Waals surface area (Å²) in [6.07, 6.45) is 1.53. The van der Waals surface area contributed by atoms with Crippen molar-refractivity contribution >= 4 is 39.4 Å². The molecule has 4 aromatic rings. The SMILES string of the molecule is CC(C)CN(CC(=O)Nc1cc(-c2ccccc2)nn1-c1ccccc1Cl)S(=O)(=O)C=Cc1ccccc1. The lowest BCUT2D eigenvalue weighted by atomic mass is 10.1. The Balaban J connectivity index is 1.61. The molecule has 38 heavy (non-hydrogen) atoms. The van der Waals surface area contributed by atoms with E-state index in [1.165, 1.54) is 10.4 Å². The van der Waals surface area contributed by atoms with Gasteiger partial charge in [0.15, 0.2) is 0 Å². The van der Waals surface area contributed by atoms with E-state index in [4.69, 9.17) is 11.6 Å². The summed E-state index contributed by atoms with van der Waals surface area (Å²) in [5.74, 6) is -0.0973. The zero-order chi connectivity index (χ0) is 27.1. The molecule has 0 atom stereocenters. The number of rotatable bonds is 10. The minimum Gasteiger partial charge on any atom is -0.309 e. The number of hydrogen-bond acceptors (Lipinski definition) is 4. The summed E-state index contributed by atoms with van der Waals surface area (Å²) in [6, 6.07) is 27.6. The Morgan fingerprint density at radius 2 is 1.63 bits per heavy atom. The number of amides is 1. The summed E-state index contributed by atoms with van der Waals surface area (Å²) in [6.45, 7) is 3.64. The molecule has 9 heteroatoms. The third kappa shape index (κ3) is 6.98. The van der Waals surface area contributed by atoms with Crippen LogP contribution in [0.1, 0.15) is 19.4 Å². The van der Waals surface area contributed by atoms with Gasteiger partial charge < -0.3 is 5.32 Å². The van der Waals surface area contributed by atoms with E-state index < -0.39 is 15.9 Å². The molecule has 0 aliphatic carbocycles. The molecular formula is C29H29ClN4O3S. The average molecular weight is 549 g/mol. The van der Waals surface area contributed by atoms with Gasteiger partial charge in [-0.05, 0) is 29.7 Å². The number of nitrogens with one attached hydrogen (secondary N) is 1. The molecule has 0 fully saturated rings. The minimum absolute atomic E-state index is 0.0148. The lowest BCUT2D eigenvalue weighted by Crippen LogP contribution is -2.39. The lowest BCUT2D eigenvalue weighted by Gasteiger charge is -2.22. The largest absolute Gasteiger partial charge is 0.309 e. The summed E-state index contributed by atoms with van der Waals surface area (Å²) in [5.41, 5.74) is 2.84.